The maximum Gasteiger partial charge on any atom is 0.0792 e. The summed E-state index contributed by atoms with van der Waals surface area (Å²) < 4.78 is 3.26. The Bertz CT molecular complexity index is 327. The van der Waals surface area contributed by atoms with E-state index >= 15 is 0 Å². The van der Waals surface area contributed by atoms with Gasteiger partial charge in [0.15, 0.2) is 0 Å². The summed E-state index contributed by atoms with van der Waals surface area (Å²) in [6.07, 6.45) is 4.60. The molecule has 0 radical (unpaired) electrons. The molecule has 15 heavy (non-hydrogen) atoms. The molecular formula is C11H18BrN3. The lowest BCUT2D eigenvalue weighted by atomic mass is 10.1. The van der Waals surface area contributed by atoms with Crippen LogP contribution in [0.3, 0.4) is 0 Å². The molecule has 1 fully saturated rings. The van der Waals surface area contributed by atoms with E-state index in [1.165, 1.54) is 18.5 Å². The van der Waals surface area contributed by atoms with E-state index in [0.29, 0.717) is 12.0 Å². The molecule has 0 aromatic carbocycles. The van der Waals surface area contributed by atoms with Crippen molar-refractivity contribution in [3.05, 3.63) is 16.4 Å². The monoisotopic (exact) mass is 271 g/mol. The summed E-state index contributed by atoms with van der Waals surface area (Å²) in [5.74, 6) is 0.483. The van der Waals surface area contributed by atoms with Gasteiger partial charge in [-0.3, -0.25) is 4.68 Å². The number of piperidine rings is 1. The smallest absolute Gasteiger partial charge is 0.0792 e. The SMILES string of the molecule is CC(C)c1nn(C2CCCNC2)cc1Br. The lowest BCUT2D eigenvalue weighted by molar-refractivity contribution is 0.344. The number of rotatable bonds is 2. The molecule has 1 atom stereocenters. The van der Waals surface area contributed by atoms with E-state index in [1.54, 1.807) is 0 Å². The number of nitrogens with one attached hydrogen (secondary N) is 1. The molecule has 0 amide bonds. The first kappa shape index (κ1) is 11.1. The minimum atomic E-state index is 0.483. The maximum atomic E-state index is 4.66. The Morgan fingerprint density at radius 2 is 2.40 bits per heavy atom. The highest BCUT2D eigenvalue weighted by Gasteiger charge is 2.18. The summed E-state index contributed by atoms with van der Waals surface area (Å²) in [6.45, 7) is 6.55. The predicted molar refractivity (Wildman–Crippen MR) is 65.2 cm³/mol. The van der Waals surface area contributed by atoms with Crippen LogP contribution in [0.1, 0.15) is 44.3 Å². The molecule has 1 aromatic rings. The van der Waals surface area contributed by atoms with Gasteiger partial charge in [0, 0.05) is 12.7 Å². The molecule has 1 unspecified atom stereocenters. The molecule has 1 aromatic heterocycles. The van der Waals surface area contributed by atoms with Crippen LogP contribution in [0.4, 0.5) is 0 Å². The minimum absolute atomic E-state index is 0.483. The zero-order chi connectivity index (χ0) is 10.8. The van der Waals surface area contributed by atoms with Gasteiger partial charge in [0.25, 0.3) is 0 Å². The Hall–Kier alpha value is -0.350. The molecule has 1 saturated heterocycles. The molecule has 1 N–H and O–H groups in total. The van der Waals surface area contributed by atoms with Crippen LogP contribution in [0.25, 0.3) is 0 Å². The molecule has 2 rings (SSSR count). The highest BCUT2D eigenvalue weighted by Crippen LogP contribution is 2.26. The number of hydrogen-bond donors (Lipinski definition) is 1. The van der Waals surface area contributed by atoms with E-state index in [1.807, 2.05) is 0 Å². The van der Waals surface area contributed by atoms with Gasteiger partial charge in [0.2, 0.25) is 0 Å². The Morgan fingerprint density at radius 1 is 1.60 bits per heavy atom. The second-order valence-corrected chi connectivity index (χ2v) is 5.35. The zero-order valence-electron chi connectivity index (χ0n) is 9.33. The highest BCUT2D eigenvalue weighted by atomic mass is 79.9. The second-order valence-electron chi connectivity index (χ2n) is 4.50. The molecule has 84 valence electrons. The quantitative estimate of drug-likeness (QED) is 0.897. The summed E-state index contributed by atoms with van der Waals surface area (Å²) in [5, 5.41) is 8.08. The van der Waals surface area contributed by atoms with E-state index < -0.39 is 0 Å². The van der Waals surface area contributed by atoms with Crippen molar-refractivity contribution in [2.24, 2.45) is 0 Å². The van der Waals surface area contributed by atoms with Crippen LogP contribution >= 0.6 is 15.9 Å². The third-order valence-corrected chi connectivity index (χ3v) is 3.52. The van der Waals surface area contributed by atoms with E-state index in [0.717, 1.165) is 17.6 Å². The summed E-state index contributed by atoms with van der Waals surface area (Å²) in [4.78, 5) is 0. The Kier molecular flexibility index (Phi) is 3.46. The van der Waals surface area contributed by atoms with Gasteiger partial charge >= 0.3 is 0 Å². The molecule has 0 bridgehead atoms. The number of halogens is 1. The van der Waals surface area contributed by atoms with Gasteiger partial charge in [0.05, 0.1) is 16.2 Å². The van der Waals surface area contributed by atoms with Crippen LogP contribution in [0.15, 0.2) is 10.7 Å². The van der Waals surface area contributed by atoms with E-state index in [-0.39, 0.29) is 0 Å². The van der Waals surface area contributed by atoms with Crippen molar-refractivity contribution in [3.63, 3.8) is 0 Å². The largest absolute Gasteiger partial charge is 0.315 e. The Balaban J connectivity index is 2.17. The Labute approximate surface area is 99.4 Å². The van der Waals surface area contributed by atoms with Gasteiger partial charge in [-0.05, 0) is 41.2 Å². The first-order chi connectivity index (χ1) is 7.18. The summed E-state index contributed by atoms with van der Waals surface area (Å²) in [6, 6.07) is 0.530. The summed E-state index contributed by atoms with van der Waals surface area (Å²) >= 11 is 3.58. The standard InChI is InChI=1S/C11H18BrN3/c1-8(2)11-10(12)7-15(14-11)9-4-3-5-13-6-9/h7-9,13H,3-6H2,1-2H3. The zero-order valence-corrected chi connectivity index (χ0v) is 10.9. The summed E-state index contributed by atoms with van der Waals surface area (Å²) in [7, 11) is 0. The number of hydrogen-bond acceptors (Lipinski definition) is 2. The van der Waals surface area contributed by atoms with Crippen molar-refractivity contribution in [2.75, 3.05) is 13.1 Å². The molecule has 0 aliphatic carbocycles. The average molecular weight is 272 g/mol. The number of aromatic nitrogens is 2. The van der Waals surface area contributed by atoms with Crippen molar-refractivity contribution in [3.8, 4) is 0 Å². The first-order valence-corrected chi connectivity index (χ1v) is 6.43. The lowest BCUT2D eigenvalue weighted by Crippen LogP contribution is -2.31. The number of nitrogens with zero attached hydrogens (tertiary/aromatic N) is 2. The van der Waals surface area contributed by atoms with Gasteiger partial charge in [-0.15, -0.1) is 0 Å². The lowest BCUT2D eigenvalue weighted by Gasteiger charge is -2.23. The van der Waals surface area contributed by atoms with Crippen molar-refractivity contribution >= 4 is 15.9 Å². The molecule has 1 aliphatic heterocycles. The topological polar surface area (TPSA) is 29.9 Å². The fraction of sp³-hybridized carbons (Fsp3) is 0.727. The van der Waals surface area contributed by atoms with Gasteiger partial charge in [-0.2, -0.15) is 5.10 Å². The molecular weight excluding hydrogens is 254 g/mol. The minimum Gasteiger partial charge on any atom is -0.315 e. The molecule has 0 saturated carbocycles. The van der Waals surface area contributed by atoms with Crippen LogP contribution in [0.5, 0.6) is 0 Å². The van der Waals surface area contributed by atoms with Gasteiger partial charge in [-0.25, -0.2) is 0 Å². The molecule has 1 aliphatic rings. The average Bonchev–Trinajstić information content (AvgIpc) is 2.62. The van der Waals surface area contributed by atoms with Gasteiger partial charge in [-0.1, -0.05) is 13.8 Å². The third-order valence-electron chi connectivity index (χ3n) is 2.91. The second kappa shape index (κ2) is 4.66. The van der Waals surface area contributed by atoms with Crippen LogP contribution < -0.4 is 5.32 Å². The first-order valence-electron chi connectivity index (χ1n) is 5.63. The van der Waals surface area contributed by atoms with Crippen LogP contribution in [-0.2, 0) is 0 Å². The van der Waals surface area contributed by atoms with Crippen molar-refractivity contribution in [1.29, 1.82) is 0 Å². The molecule has 3 nitrogen and oxygen atoms in total. The maximum absolute atomic E-state index is 4.66. The normalized spacial score (nSPS) is 22.3. The van der Waals surface area contributed by atoms with Crippen LogP contribution in [-0.4, -0.2) is 22.9 Å². The van der Waals surface area contributed by atoms with Crippen LogP contribution in [0.2, 0.25) is 0 Å². The fourth-order valence-corrected chi connectivity index (χ4v) is 2.77. The van der Waals surface area contributed by atoms with Crippen molar-refractivity contribution in [1.82, 2.24) is 15.1 Å². The molecule has 2 heterocycles. The third kappa shape index (κ3) is 2.42. The van der Waals surface area contributed by atoms with Crippen molar-refractivity contribution in [2.45, 2.75) is 38.6 Å². The molecule has 0 spiro atoms. The van der Waals surface area contributed by atoms with E-state index in [4.69, 9.17) is 0 Å². The highest BCUT2D eigenvalue weighted by molar-refractivity contribution is 9.10. The molecule has 4 heteroatoms. The predicted octanol–water partition coefficient (Wildman–Crippen LogP) is 2.69. The van der Waals surface area contributed by atoms with Crippen molar-refractivity contribution < 1.29 is 0 Å². The van der Waals surface area contributed by atoms with Gasteiger partial charge < -0.3 is 5.32 Å². The van der Waals surface area contributed by atoms with E-state index in [2.05, 4.69) is 51.1 Å². The van der Waals surface area contributed by atoms with Gasteiger partial charge in [0.1, 0.15) is 0 Å². The fourth-order valence-electron chi connectivity index (χ4n) is 2.02. The van der Waals surface area contributed by atoms with Crippen LogP contribution in [0, 0.1) is 0 Å². The van der Waals surface area contributed by atoms with E-state index in [9.17, 15) is 0 Å². The summed E-state index contributed by atoms with van der Waals surface area (Å²) in [5.41, 5.74) is 1.17. The Morgan fingerprint density at radius 3 is 2.93 bits per heavy atom.